The molecule has 1 saturated carbocycles. The van der Waals surface area contributed by atoms with E-state index < -0.39 is 0 Å². The van der Waals surface area contributed by atoms with Gasteiger partial charge in [0.05, 0.1) is 13.2 Å². The Morgan fingerprint density at radius 2 is 1.67 bits per heavy atom. The lowest BCUT2D eigenvalue weighted by Gasteiger charge is -2.35. The quantitative estimate of drug-likeness (QED) is 0.675. The zero-order valence-electron chi connectivity index (χ0n) is 8.05. The SMILES string of the molecule is C[C@H]1COC[C@H](C)C1NC1CC1. The van der Waals surface area contributed by atoms with E-state index in [0.717, 1.165) is 19.3 Å². The fourth-order valence-electron chi connectivity index (χ4n) is 2.06. The van der Waals surface area contributed by atoms with Crippen molar-refractivity contribution in [3.8, 4) is 0 Å². The van der Waals surface area contributed by atoms with Crippen LogP contribution in [0.3, 0.4) is 0 Å². The molecule has 2 atom stereocenters. The molecule has 2 fully saturated rings. The van der Waals surface area contributed by atoms with Crippen LogP contribution in [0.4, 0.5) is 0 Å². The van der Waals surface area contributed by atoms with Crippen LogP contribution in [0.1, 0.15) is 26.7 Å². The van der Waals surface area contributed by atoms with Gasteiger partial charge in [-0.3, -0.25) is 0 Å². The van der Waals surface area contributed by atoms with Gasteiger partial charge in [0.2, 0.25) is 0 Å². The minimum atomic E-state index is 0.689. The monoisotopic (exact) mass is 169 g/mol. The molecule has 0 bridgehead atoms. The van der Waals surface area contributed by atoms with Crippen molar-refractivity contribution in [2.75, 3.05) is 13.2 Å². The van der Waals surface area contributed by atoms with Crippen LogP contribution >= 0.6 is 0 Å². The molecule has 0 amide bonds. The van der Waals surface area contributed by atoms with Crippen LogP contribution in [0.15, 0.2) is 0 Å². The van der Waals surface area contributed by atoms with Crippen molar-refractivity contribution in [1.29, 1.82) is 0 Å². The molecule has 1 aliphatic carbocycles. The first-order chi connectivity index (χ1) is 5.77. The Hall–Kier alpha value is -0.0800. The third-order valence-electron chi connectivity index (χ3n) is 2.99. The number of ether oxygens (including phenoxy) is 1. The van der Waals surface area contributed by atoms with E-state index in [9.17, 15) is 0 Å². The third-order valence-corrected chi connectivity index (χ3v) is 2.99. The molecule has 2 nitrogen and oxygen atoms in total. The van der Waals surface area contributed by atoms with Gasteiger partial charge >= 0.3 is 0 Å². The van der Waals surface area contributed by atoms with Gasteiger partial charge in [0.1, 0.15) is 0 Å². The van der Waals surface area contributed by atoms with Gasteiger partial charge in [0.25, 0.3) is 0 Å². The van der Waals surface area contributed by atoms with Crippen LogP contribution in [-0.2, 0) is 4.74 Å². The largest absolute Gasteiger partial charge is 0.381 e. The molecule has 0 aromatic carbocycles. The van der Waals surface area contributed by atoms with Gasteiger partial charge in [-0.15, -0.1) is 0 Å². The molecule has 0 unspecified atom stereocenters. The maximum atomic E-state index is 5.49. The molecule has 0 spiro atoms. The van der Waals surface area contributed by atoms with Crippen molar-refractivity contribution in [3.63, 3.8) is 0 Å². The average molecular weight is 169 g/mol. The normalized spacial score (nSPS) is 38.5. The summed E-state index contributed by atoms with van der Waals surface area (Å²) in [5.41, 5.74) is 0. The molecule has 0 aromatic heterocycles. The van der Waals surface area contributed by atoms with Gasteiger partial charge in [-0.05, 0) is 24.7 Å². The second kappa shape index (κ2) is 3.35. The highest BCUT2D eigenvalue weighted by Gasteiger charge is 2.33. The van der Waals surface area contributed by atoms with Gasteiger partial charge in [-0.1, -0.05) is 13.8 Å². The second-order valence-electron chi connectivity index (χ2n) is 4.46. The van der Waals surface area contributed by atoms with Gasteiger partial charge in [-0.2, -0.15) is 0 Å². The molecule has 0 aromatic rings. The van der Waals surface area contributed by atoms with E-state index in [0.29, 0.717) is 17.9 Å². The van der Waals surface area contributed by atoms with Crippen LogP contribution < -0.4 is 5.32 Å². The molecule has 2 heteroatoms. The molecule has 12 heavy (non-hydrogen) atoms. The Morgan fingerprint density at radius 1 is 1.08 bits per heavy atom. The van der Waals surface area contributed by atoms with Crippen LogP contribution in [0.5, 0.6) is 0 Å². The number of hydrogen-bond acceptors (Lipinski definition) is 2. The Morgan fingerprint density at radius 3 is 2.17 bits per heavy atom. The lowest BCUT2D eigenvalue weighted by Crippen LogP contribution is -2.48. The molecule has 1 aliphatic heterocycles. The van der Waals surface area contributed by atoms with E-state index in [1.54, 1.807) is 0 Å². The topological polar surface area (TPSA) is 21.3 Å². The molecule has 1 saturated heterocycles. The van der Waals surface area contributed by atoms with Crippen LogP contribution in [-0.4, -0.2) is 25.3 Å². The summed E-state index contributed by atoms with van der Waals surface area (Å²) in [5, 5.41) is 3.71. The molecule has 70 valence electrons. The molecule has 0 radical (unpaired) electrons. The predicted octanol–water partition coefficient (Wildman–Crippen LogP) is 1.41. The average Bonchev–Trinajstić information content (AvgIpc) is 2.80. The summed E-state index contributed by atoms with van der Waals surface area (Å²) < 4.78 is 5.49. The third kappa shape index (κ3) is 1.80. The lowest BCUT2D eigenvalue weighted by atomic mass is 9.89. The standard InChI is InChI=1S/C10H19NO/c1-7-5-12-6-8(2)10(7)11-9-3-4-9/h7-11H,3-6H2,1-2H3/t7-,8-/m0/s1. The number of rotatable bonds is 2. The first-order valence-electron chi connectivity index (χ1n) is 5.11. The summed E-state index contributed by atoms with van der Waals surface area (Å²) in [5.74, 6) is 1.38. The summed E-state index contributed by atoms with van der Waals surface area (Å²) in [6, 6.07) is 1.53. The number of nitrogens with one attached hydrogen (secondary N) is 1. The van der Waals surface area contributed by atoms with Crippen LogP contribution in [0.25, 0.3) is 0 Å². The highest BCUT2D eigenvalue weighted by atomic mass is 16.5. The van der Waals surface area contributed by atoms with E-state index in [1.807, 2.05) is 0 Å². The van der Waals surface area contributed by atoms with Crippen molar-refractivity contribution in [1.82, 2.24) is 5.32 Å². The fourth-order valence-corrected chi connectivity index (χ4v) is 2.06. The van der Waals surface area contributed by atoms with Crippen LogP contribution in [0, 0.1) is 11.8 Å². The van der Waals surface area contributed by atoms with Crippen molar-refractivity contribution < 1.29 is 4.74 Å². The highest BCUT2D eigenvalue weighted by Crippen LogP contribution is 2.26. The fraction of sp³-hybridized carbons (Fsp3) is 1.00. The zero-order chi connectivity index (χ0) is 8.55. The molecule has 1 N–H and O–H groups in total. The highest BCUT2D eigenvalue weighted by molar-refractivity contribution is 4.90. The summed E-state index contributed by atoms with van der Waals surface area (Å²) >= 11 is 0. The van der Waals surface area contributed by atoms with Crippen LogP contribution in [0.2, 0.25) is 0 Å². The van der Waals surface area contributed by atoms with E-state index >= 15 is 0 Å². The van der Waals surface area contributed by atoms with Gasteiger partial charge < -0.3 is 10.1 Å². The Labute approximate surface area is 74.7 Å². The maximum absolute atomic E-state index is 5.49. The van der Waals surface area contributed by atoms with Crippen molar-refractivity contribution in [2.24, 2.45) is 11.8 Å². The Bertz CT molecular complexity index is 146. The van der Waals surface area contributed by atoms with E-state index in [2.05, 4.69) is 19.2 Å². The van der Waals surface area contributed by atoms with E-state index in [-0.39, 0.29) is 0 Å². The molecule has 2 aliphatic rings. The molecule has 2 rings (SSSR count). The second-order valence-corrected chi connectivity index (χ2v) is 4.46. The van der Waals surface area contributed by atoms with Gasteiger partial charge in [0.15, 0.2) is 0 Å². The minimum Gasteiger partial charge on any atom is -0.381 e. The first-order valence-corrected chi connectivity index (χ1v) is 5.11. The van der Waals surface area contributed by atoms with Crippen molar-refractivity contribution in [2.45, 2.75) is 38.8 Å². The predicted molar refractivity (Wildman–Crippen MR) is 49.1 cm³/mol. The maximum Gasteiger partial charge on any atom is 0.0506 e. The summed E-state index contributed by atoms with van der Waals surface area (Å²) in [6.07, 6.45) is 2.77. The smallest absolute Gasteiger partial charge is 0.0506 e. The molecular weight excluding hydrogens is 150 g/mol. The minimum absolute atomic E-state index is 0.689. The first kappa shape index (κ1) is 8.52. The summed E-state index contributed by atoms with van der Waals surface area (Å²) in [6.45, 7) is 6.45. The van der Waals surface area contributed by atoms with Gasteiger partial charge in [-0.25, -0.2) is 0 Å². The van der Waals surface area contributed by atoms with Gasteiger partial charge in [0, 0.05) is 12.1 Å². The van der Waals surface area contributed by atoms with Crippen molar-refractivity contribution in [3.05, 3.63) is 0 Å². The molecule has 1 heterocycles. The number of hydrogen-bond donors (Lipinski definition) is 1. The summed E-state index contributed by atoms with van der Waals surface area (Å²) in [4.78, 5) is 0. The van der Waals surface area contributed by atoms with E-state index in [1.165, 1.54) is 12.8 Å². The Balaban J connectivity index is 1.88. The van der Waals surface area contributed by atoms with E-state index in [4.69, 9.17) is 4.74 Å². The molecular formula is C10H19NO. The van der Waals surface area contributed by atoms with Crippen molar-refractivity contribution >= 4 is 0 Å². The summed E-state index contributed by atoms with van der Waals surface area (Å²) in [7, 11) is 0. The Kier molecular flexibility index (Phi) is 2.37. The zero-order valence-corrected chi connectivity index (χ0v) is 8.05. The lowest BCUT2D eigenvalue weighted by molar-refractivity contribution is 0.00147.